The Morgan fingerprint density at radius 3 is 2.76 bits per heavy atom. The standard InChI is InChI=1S/C15H15F2NO3/c1-8-12(13(18)19)10-6-9(2-3-11(10)21-8)20-7-15(4-5-15)14(16)17/h2-3,6,14H,4-5,7H2,1H3,(H2,18,19). The monoisotopic (exact) mass is 295 g/mol. The summed E-state index contributed by atoms with van der Waals surface area (Å²) in [4.78, 5) is 11.4. The number of halogens is 2. The maximum atomic E-state index is 12.8. The summed E-state index contributed by atoms with van der Waals surface area (Å²) in [7, 11) is 0. The highest BCUT2D eigenvalue weighted by molar-refractivity contribution is 6.06. The zero-order valence-electron chi connectivity index (χ0n) is 11.5. The molecule has 1 aliphatic carbocycles. The van der Waals surface area contributed by atoms with Gasteiger partial charge in [0.2, 0.25) is 6.43 Å². The average molecular weight is 295 g/mol. The Balaban J connectivity index is 1.87. The number of aryl methyl sites for hydroxylation is 1. The van der Waals surface area contributed by atoms with E-state index in [0.717, 1.165) is 0 Å². The Morgan fingerprint density at radius 2 is 2.19 bits per heavy atom. The molecule has 1 saturated carbocycles. The Morgan fingerprint density at radius 1 is 1.48 bits per heavy atom. The summed E-state index contributed by atoms with van der Waals surface area (Å²) in [5, 5.41) is 0.541. The largest absolute Gasteiger partial charge is 0.493 e. The molecule has 1 aromatic carbocycles. The van der Waals surface area contributed by atoms with Crippen molar-refractivity contribution in [3.8, 4) is 5.75 Å². The van der Waals surface area contributed by atoms with Gasteiger partial charge in [0.15, 0.2) is 0 Å². The zero-order chi connectivity index (χ0) is 15.2. The highest BCUT2D eigenvalue weighted by Crippen LogP contribution is 2.50. The van der Waals surface area contributed by atoms with Gasteiger partial charge in [0.1, 0.15) is 17.1 Å². The number of hydrogen-bond acceptors (Lipinski definition) is 3. The lowest BCUT2D eigenvalue weighted by molar-refractivity contribution is 0.0316. The van der Waals surface area contributed by atoms with Crippen molar-refractivity contribution in [3.05, 3.63) is 29.5 Å². The molecule has 1 aromatic heterocycles. The molecule has 2 aromatic rings. The van der Waals surface area contributed by atoms with E-state index in [1.165, 1.54) is 0 Å². The molecule has 4 nitrogen and oxygen atoms in total. The molecule has 1 amide bonds. The lowest BCUT2D eigenvalue weighted by atomic mass is 10.1. The number of hydrogen-bond donors (Lipinski definition) is 1. The van der Waals surface area contributed by atoms with Gasteiger partial charge in [-0.15, -0.1) is 0 Å². The molecule has 2 N–H and O–H groups in total. The number of ether oxygens (including phenoxy) is 1. The first kappa shape index (κ1) is 13.9. The number of nitrogens with two attached hydrogens (primary N) is 1. The van der Waals surface area contributed by atoms with E-state index >= 15 is 0 Å². The van der Waals surface area contributed by atoms with Gasteiger partial charge in [-0.1, -0.05) is 0 Å². The Labute approximate surface area is 119 Å². The van der Waals surface area contributed by atoms with Gasteiger partial charge in [-0.25, -0.2) is 8.78 Å². The topological polar surface area (TPSA) is 65.5 Å². The van der Waals surface area contributed by atoms with Gasteiger partial charge < -0.3 is 14.9 Å². The lowest BCUT2D eigenvalue weighted by Crippen LogP contribution is -2.21. The Kier molecular flexibility index (Phi) is 3.11. The SMILES string of the molecule is Cc1oc2ccc(OCC3(C(F)F)CC3)cc2c1C(N)=O. The minimum Gasteiger partial charge on any atom is -0.493 e. The van der Waals surface area contributed by atoms with Gasteiger partial charge in [0, 0.05) is 5.39 Å². The molecule has 3 rings (SSSR count). The third kappa shape index (κ3) is 2.34. The van der Waals surface area contributed by atoms with Crippen LogP contribution in [0.2, 0.25) is 0 Å². The molecular formula is C15H15F2NO3. The van der Waals surface area contributed by atoms with Crippen LogP contribution in [-0.4, -0.2) is 18.9 Å². The van der Waals surface area contributed by atoms with E-state index in [2.05, 4.69) is 0 Å². The first-order chi connectivity index (χ1) is 9.93. The van der Waals surface area contributed by atoms with Gasteiger partial charge in [-0.2, -0.15) is 0 Å². The zero-order valence-corrected chi connectivity index (χ0v) is 11.5. The maximum Gasteiger partial charge on any atom is 0.252 e. The van der Waals surface area contributed by atoms with Gasteiger partial charge in [0.05, 0.1) is 17.6 Å². The molecule has 0 saturated heterocycles. The lowest BCUT2D eigenvalue weighted by Gasteiger charge is -2.15. The molecule has 0 spiro atoms. The van der Waals surface area contributed by atoms with Crippen LogP contribution in [0.3, 0.4) is 0 Å². The van der Waals surface area contributed by atoms with Gasteiger partial charge in [-0.3, -0.25) is 4.79 Å². The summed E-state index contributed by atoms with van der Waals surface area (Å²) in [6, 6.07) is 4.89. The third-order valence-corrected chi connectivity index (χ3v) is 3.96. The molecule has 0 atom stereocenters. The van der Waals surface area contributed by atoms with Crippen molar-refractivity contribution in [2.75, 3.05) is 6.61 Å². The fourth-order valence-electron chi connectivity index (χ4n) is 2.41. The van der Waals surface area contributed by atoms with E-state index in [-0.39, 0.29) is 6.61 Å². The number of alkyl halides is 2. The molecule has 1 heterocycles. The Bertz CT molecular complexity index is 704. The highest BCUT2D eigenvalue weighted by Gasteiger charge is 2.51. The number of furan rings is 1. The average Bonchev–Trinajstić information content (AvgIpc) is 3.13. The molecule has 0 radical (unpaired) electrons. The van der Waals surface area contributed by atoms with E-state index in [1.54, 1.807) is 25.1 Å². The Hall–Kier alpha value is -2.11. The van der Waals surface area contributed by atoms with E-state index < -0.39 is 17.7 Å². The van der Waals surface area contributed by atoms with Crippen LogP contribution in [0.15, 0.2) is 22.6 Å². The van der Waals surface area contributed by atoms with Crippen molar-refractivity contribution in [2.24, 2.45) is 11.1 Å². The quantitative estimate of drug-likeness (QED) is 0.920. The van der Waals surface area contributed by atoms with Crippen molar-refractivity contribution in [1.82, 2.24) is 0 Å². The van der Waals surface area contributed by atoms with E-state index in [4.69, 9.17) is 14.9 Å². The van der Waals surface area contributed by atoms with Crippen molar-refractivity contribution < 1.29 is 22.7 Å². The first-order valence-corrected chi connectivity index (χ1v) is 6.67. The molecule has 0 bridgehead atoms. The molecule has 1 aliphatic rings. The summed E-state index contributed by atoms with van der Waals surface area (Å²) in [6.07, 6.45) is -1.42. The van der Waals surface area contributed by atoms with Crippen LogP contribution >= 0.6 is 0 Å². The number of benzene rings is 1. The minimum atomic E-state index is -2.38. The van der Waals surface area contributed by atoms with E-state index in [9.17, 15) is 13.6 Å². The number of carbonyl (C=O) groups is 1. The molecule has 1 fully saturated rings. The smallest absolute Gasteiger partial charge is 0.252 e. The summed E-state index contributed by atoms with van der Waals surface area (Å²) in [5.74, 6) is 0.272. The third-order valence-electron chi connectivity index (χ3n) is 3.96. The summed E-state index contributed by atoms with van der Waals surface area (Å²) < 4.78 is 36.6. The van der Waals surface area contributed by atoms with Gasteiger partial charge in [-0.05, 0) is 38.0 Å². The summed E-state index contributed by atoms with van der Waals surface area (Å²) in [6.45, 7) is 1.62. The highest BCUT2D eigenvalue weighted by atomic mass is 19.3. The maximum absolute atomic E-state index is 12.8. The molecule has 112 valence electrons. The minimum absolute atomic E-state index is 0.0289. The van der Waals surface area contributed by atoms with Crippen molar-refractivity contribution in [2.45, 2.75) is 26.2 Å². The fourth-order valence-corrected chi connectivity index (χ4v) is 2.41. The molecule has 0 aliphatic heterocycles. The molecule has 21 heavy (non-hydrogen) atoms. The van der Waals surface area contributed by atoms with Crippen LogP contribution < -0.4 is 10.5 Å². The summed E-state index contributed by atoms with van der Waals surface area (Å²) in [5.41, 5.74) is 5.14. The number of fused-ring (bicyclic) bond motifs is 1. The molecular weight excluding hydrogens is 280 g/mol. The summed E-state index contributed by atoms with van der Waals surface area (Å²) >= 11 is 0. The predicted molar refractivity (Wildman–Crippen MR) is 72.6 cm³/mol. The van der Waals surface area contributed by atoms with Gasteiger partial charge in [0.25, 0.3) is 5.91 Å². The fraction of sp³-hybridized carbons (Fsp3) is 0.400. The number of amides is 1. The number of primary amides is 1. The normalized spacial score (nSPS) is 16.4. The van der Waals surface area contributed by atoms with E-state index in [0.29, 0.717) is 40.9 Å². The van der Waals surface area contributed by atoms with Crippen LogP contribution in [0.25, 0.3) is 11.0 Å². The molecule has 6 heteroatoms. The first-order valence-electron chi connectivity index (χ1n) is 6.67. The second-order valence-electron chi connectivity index (χ2n) is 5.51. The van der Waals surface area contributed by atoms with Crippen LogP contribution in [0.5, 0.6) is 5.75 Å². The van der Waals surface area contributed by atoms with Crippen molar-refractivity contribution in [1.29, 1.82) is 0 Å². The number of rotatable bonds is 5. The predicted octanol–water partition coefficient (Wildman–Crippen LogP) is 3.26. The van der Waals surface area contributed by atoms with E-state index in [1.807, 2.05) is 0 Å². The second kappa shape index (κ2) is 4.72. The number of carbonyl (C=O) groups excluding carboxylic acids is 1. The van der Waals surface area contributed by atoms with Crippen LogP contribution in [0.1, 0.15) is 29.0 Å². The van der Waals surface area contributed by atoms with Crippen LogP contribution in [0.4, 0.5) is 8.78 Å². The van der Waals surface area contributed by atoms with Crippen LogP contribution in [0, 0.1) is 12.3 Å². The molecule has 0 unspecified atom stereocenters. The van der Waals surface area contributed by atoms with Crippen LogP contribution in [-0.2, 0) is 0 Å². The second-order valence-corrected chi connectivity index (χ2v) is 5.51. The van der Waals surface area contributed by atoms with Crippen molar-refractivity contribution >= 4 is 16.9 Å². The van der Waals surface area contributed by atoms with Gasteiger partial charge >= 0.3 is 0 Å². The van der Waals surface area contributed by atoms with Crippen molar-refractivity contribution in [3.63, 3.8) is 0 Å².